The average molecular weight is 638 g/mol. The first-order valence-corrected chi connectivity index (χ1v) is 15.6. The number of imidazole rings is 1. The molecule has 7 heteroatoms. The topological polar surface area (TPSA) is 88.0 Å². The Morgan fingerprint density at radius 3 is 2.06 bits per heavy atom. The van der Waals surface area contributed by atoms with E-state index in [1.807, 2.05) is 78.7 Å². The van der Waals surface area contributed by atoms with Crippen LogP contribution < -0.4 is 10.6 Å². The molecule has 6 aromatic carbocycles. The predicted octanol–water partition coefficient (Wildman–Crippen LogP) is 8.15. The summed E-state index contributed by atoms with van der Waals surface area (Å²) in [7, 11) is 2.04. The van der Waals surface area contributed by atoms with Gasteiger partial charge in [-0.05, 0) is 62.9 Å². The Hall–Kier alpha value is -5.46. The van der Waals surface area contributed by atoms with E-state index in [4.69, 9.17) is 16.1 Å². The minimum atomic E-state index is 0. The number of amides is 1. The fourth-order valence-electron chi connectivity index (χ4n) is 6.37. The summed E-state index contributed by atoms with van der Waals surface area (Å²) in [5, 5.41) is 12.2. The lowest BCUT2D eigenvalue weighted by molar-refractivity contribution is -0.118. The van der Waals surface area contributed by atoms with Crippen molar-refractivity contribution in [2.75, 3.05) is 4.90 Å². The highest BCUT2D eigenvalue weighted by atomic mass is 35.5. The van der Waals surface area contributed by atoms with Crippen molar-refractivity contribution in [1.29, 1.82) is 5.41 Å². The van der Waals surface area contributed by atoms with Crippen molar-refractivity contribution in [3.63, 3.8) is 0 Å². The van der Waals surface area contributed by atoms with Crippen LogP contribution in [0, 0.1) is 5.41 Å². The Morgan fingerprint density at radius 1 is 0.766 bits per heavy atom. The molecule has 0 aliphatic heterocycles. The van der Waals surface area contributed by atoms with Crippen LogP contribution in [0.1, 0.15) is 28.1 Å². The molecule has 0 radical (unpaired) electrons. The van der Waals surface area contributed by atoms with Crippen molar-refractivity contribution >= 4 is 62.4 Å². The van der Waals surface area contributed by atoms with Crippen LogP contribution in [0.3, 0.4) is 0 Å². The van der Waals surface area contributed by atoms with E-state index in [0.717, 1.165) is 79.2 Å². The molecular weight excluding hydrogens is 602 g/mol. The minimum Gasteiger partial charge on any atom is -0.384 e. The van der Waals surface area contributed by atoms with Crippen LogP contribution in [0.15, 0.2) is 127 Å². The van der Waals surface area contributed by atoms with Crippen molar-refractivity contribution < 1.29 is 4.79 Å². The molecule has 234 valence electrons. The van der Waals surface area contributed by atoms with Crippen molar-refractivity contribution in [2.45, 2.75) is 25.8 Å². The van der Waals surface area contributed by atoms with E-state index >= 15 is 0 Å². The van der Waals surface area contributed by atoms with Crippen molar-refractivity contribution in [2.24, 2.45) is 12.8 Å². The lowest BCUT2D eigenvalue weighted by Gasteiger charge is -2.24. The Balaban J connectivity index is 0.00000386. The van der Waals surface area contributed by atoms with Crippen molar-refractivity contribution in [3.8, 4) is 0 Å². The fraction of sp³-hybridized carbons (Fsp3) is 0.125. The zero-order valence-electron chi connectivity index (χ0n) is 26.2. The molecule has 1 aromatic heterocycles. The molecule has 6 nitrogen and oxygen atoms in total. The van der Waals surface area contributed by atoms with E-state index < -0.39 is 0 Å². The molecule has 0 atom stereocenters. The maximum Gasteiger partial charge on any atom is 0.231 e. The first-order chi connectivity index (χ1) is 22.4. The van der Waals surface area contributed by atoms with Gasteiger partial charge in [0.1, 0.15) is 11.7 Å². The number of nitrogens with zero attached hydrogens (tertiary/aromatic N) is 3. The number of rotatable bonds is 9. The summed E-state index contributed by atoms with van der Waals surface area (Å²) in [5.74, 6) is 1.09. The van der Waals surface area contributed by atoms with Crippen LogP contribution in [-0.4, -0.2) is 21.3 Å². The summed E-state index contributed by atoms with van der Waals surface area (Å²) in [6.07, 6.45) is 1.87. The van der Waals surface area contributed by atoms with Gasteiger partial charge in [0, 0.05) is 24.7 Å². The fourth-order valence-corrected chi connectivity index (χ4v) is 6.37. The molecular formula is C40H36ClN5O. The van der Waals surface area contributed by atoms with E-state index in [9.17, 15) is 4.79 Å². The number of halogens is 1. The third-order valence-electron chi connectivity index (χ3n) is 8.90. The molecule has 0 fully saturated rings. The maximum absolute atomic E-state index is 14.3. The van der Waals surface area contributed by atoms with Gasteiger partial charge in [-0.3, -0.25) is 10.2 Å². The maximum atomic E-state index is 14.3. The van der Waals surface area contributed by atoms with Gasteiger partial charge in [0.05, 0.1) is 24.0 Å². The number of anilines is 1. The van der Waals surface area contributed by atoms with Crippen molar-refractivity contribution in [3.05, 3.63) is 155 Å². The molecule has 0 unspecified atom stereocenters. The van der Waals surface area contributed by atoms with Gasteiger partial charge < -0.3 is 15.2 Å². The second-order valence-electron chi connectivity index (χ2n) is 11.8. The SMILES string of the molecule is Cl.Cn1c(CCc2ccc(C(=N)N)cc2)nc2cc(N(Cc3cccc4ccccc34)C(=O)Cc3cccc4ccccc34)ccc21. The molecule has 0 aliphatic rings. The number of nitrogen functional groups attached to an aromatic ring is 1. The lowest BCUT2D eigenvalue weighted by atomic mass is 10.0. The standard InChI is InChI=1S/C40H35N5O.ClH/c1-44-37-22-21-33(25-36(37)43-38(44)23-18-27-16-19-30(20-17-27)40(41)42)45(26-32-13-7-11-29-9-3-5-15-35(29)32)39(46)24-31-12-6-10-28-8-2-4-14-34(28)31;/h2-17,19-22,25H,18,23-24,26H2,1H3,(H3,41,42);1H. The first-order valence-electron chi connectivity index (χ1n) is 15.6. The molecule has 1 amide bonds. The lowest BCUT2D eigenvalue weighted by Crippen LogP contribution is -2.32. The van der Waals surface area contributed by atoms with Gasteiger partial charge in [-0.15, -0.1) is 12.4 Å². The summed E-state index contributed by atoms with van der Waals surface area (Å²) in [5.41, 5.74) is 12.3. The van der Waals surface area contributed by atoms with Crippen LogP contribution in [0.4, 0.5) is 5.69 Å². The van der Waals surface area contributed by atoms with Crippen LogP contribution in [-0.2, 0) is 37.6 Å². The molecule has 0 saturated carbocycles. The number of nitrogens with one attached hydrogen (secondary N) is 1. The Morgan fingerprint density at radius 2 is 1.38 bits per heavy atom. The smallest absolute Gasteiger partial charge is 0.231 e. The largest absolute Gasteiger partial charge is 0.384 e. The molecule has 0 bridgehead atoms. The van der Waals surface area contributed by atoms with E-state index in [-0.39, 0.29) is 24.1 Å². The summed E-state index contributed by atoms with van der Waals surface area (Å²) in [4.78, 5) is 21.2. The second kappa shape index (κ2) is 13.5. The number of hydrogen-bond acceptors (Lipinski definition) is 3. The van der Waals surface area contributed by atoms with Gasteiger partial charge in [0.25, 0.3) is 0 Å². The van der Waals surface area contributed by atoms with Crippen LogP contribution in [0.25, 0.3) is 32.6 Å². The molecule has 7 rings (SSSR count). The van der Waals surface area contributed by atoms with Gasteiger partial charge in [0.15, 0.2) is 0 Å². The van der Waals surface area contributed by atoms with Gasteiger partial charge in [-0.1, -0.05) is 109 Å². The molecule has 0 aliphatic carbocycles. The number of amidine groups is 1. The van der Waals surface area contributed by atoms with E-state index in [0.29, 0.717) is 13.0 Å². The highest BCUT2D eigenvalue weighted by molar-refractivity contribution is 6.00. The van der Waals surface area contributed by atoms with Gasteiger partial charge >= 0.3 is 0 Å². The van der Waals surface area contributed by atoms with E-state index in [1.54, 1.807) is 0 Å². The third kappa shape index (κ3) is 6.46. The number of carbonyl (C=O) groups excluding carboxylic acids is 1. The second-order valence-corrected chi connectivity index (χ2v) is 11.8. The van der Waals surface area contributed by atoms with Gasteiger partial charge in [0.2, 0.25) is 5.91 Å². The Labute approximate surface area is 280 Å². The molecule has 7 aromatic rings. The number of nitrogens with two attached hydrogens (primary N) is 1. The summed E-state index contributed by atoms with van der Waals surface area (Å²) in [6.45, 7) is 0.451. The Kier molecular flexibility index (Phi) is 9.05. The van der Waals surface area contributed by atoms with Crippen LogP contribution >= 0.6 is 12.4 Å². The molecule has 3 N–H and O–H groups in total. The van der Waals surface area contributed by atoms with Crippen molar-refractivity contribution in [1.82, 2.24) is 9.55 Å². The predicted molar refractivity (Wildman–Crippen MR) is 196 cm³/mol. The highest BCUT2D eigenvalue weighted by Crippen LogP contribution is 2.29. The summed E-state index contributed by atoms with van der Waals surface area (Å²) in [6, 6.07) is 43.0. The quantitative estimate of drug-likeness (QED) is 0.124. The summed E-state index contributed by atoms with van der Waals surface area (Å²) >= 11 is 0. The third-order valence-corrected chi connectivity index (χ3v) is 8.90. The Bertz CT molecular complexity index is 2230. The first kappa shape index (κ1) is 31.5. The number of aromatic nitrogens is 2. The number of benzene rings is 6. The number of carbonyl (C=O) groups is 1. The zero-order valence-corrected chi connectivity index (χ0v) is 27.0. The molecule has 0 spiro atoms. The van der Waals surface area contributed by atoms with Crippen LogP contribution in [0.5, 0.6) is 0 Å². The minimum absolute atomic E-state index is 0. The van der Waals surface area contributed by atoms with Gasteiger partial charge in [-0.25, -0.2) is 4.98 Å². The summed E-state index contributed by atoms with van der Waals surface area (Å²) < 4.78 is 2.13. The highest BCUT2D eigenvalue weighted by Gasteiger charge is 2.20. The molecule has 47 heavy (non-hydrogen) atoms. The van der Waals surface area contributed by atoms with Crippen LogP contribution in [0.2, 0.25) is 0 Å². The number of fused-ring (bicyclic) bond motifs is 3. The number of aryl methyl sites for hydroxylation is 3. The number of hydrogen-bond donors (Lipinski definition) is 2. The van der Waals surface area contributed by atoms with Gasteiger partial charge in [-0.2, -0.15) is 0 Å². The zero-order chi connectivity index (χ0) is 31.6. The molecule has 0 saturated heterocycles. The molecule has 1 heterocycles. The normalized spacial score (nSPS) is 11.1. The monoisotopic (exact) mass is 637 g/mol. The average Bonchev–Trinajstić information content (AvgIpc) is 3.40. The van der Waals surface area contributed by atoms with E-state index in [1.165, 1.54) is 0 Å². The van der Waals surface area contributed by atoms with E-state index in [2.05, 4.69) is 65.2 Å².